The number of carbonyl (C=O) groups is 2. The van der Waals surface area contributed by atoms with Gasteiger partial charge in [0.2, 0.25) is 0 Å². The number of ether oxygens (including phenoxy) is 3. The maximum absolute atomic E-state index is 13.9. The van der Waals surface area contributed by atoms with E-state index in [0.29, 0.717) is 11.3 Å². The van der Waals surface area contributed by atoms with Crippen molar-refractivity contribution < 1.29 is 33.3 Å². The number of halogens is 1. The second kappa shape index (κ2) is 11.8. The number of hydrogen-bond acceptors (Lipinski definition) is 8. The topological polar surface area (TPSA) is 118 Å². The Labute approximate surface area is 183 Å². The van der Waals surface area contributed by atoms with Crippen LogP contribution in [0.25, 0.3) is 0 Å². The van der Waals surface area contributed by atoms with E-state index in [0.717, 1.165) is 12.1 Å². The molecule has 0 aliphatic heterocycles. The molecule has 0 radical (unpaired) electrons. The van der Waals surface area contributed by atoms with Gasteiger partial charge in [0, 0.05) is 19.2 Å². The Morgan fingerprint density at radius 3 is 2.55 bits per heavy atom. The lowest BCUT2D eigenvalue weighted by Crippen LogP contribution is -2.29. The van der Waals surface area contributed by atoms with Crippen molar-refractivity contribution in [3.8, 4) is 11.8 Å². The highest BCUT2D eigenvalue weighted by Crippen LogP contribution is 2.29. The van der Waals surface area contributed by atoms with Crippen LogP contribution < -0.4 is 5.32 Å². The minimum atomic E-state index is -1.08. The van der Waals surface area contributed by atoms with Gasteiger partial charge in [-0.15, -0.1) is 0 Å². The molecule has 31 heavy (non-hydrogen) atoms. The van der Waals surface area contributed by atoms with Gasteiger partial charge in [0.25, 0.3) is 0 Å². The molecule has 0 spiro atoms. The first-order valence-corrected chi connectivity index (χ1v) is 9.76. The minimum absolute atomic E-state index is 0.0322. The van der Waals surface area contributed by atoms with E-state index in [-0.39, 0.29) is 24.3 Å². The number of anilines is 1. The van der Waals surface area contributed by atoms with Gasteiger partial charge in [0.1, 0.15) is 6.10 Å². The van der Waals surface area contributed by atoms with Crippen molar-refractivity contribution in [2.45, 2.75) is 18.6 Å². The smallest absolute Gasteiger partial charge is 0.412 e. The van der Waals surface area contributed by atoms with Crippen molar-refractivity contribution in [2.75, 3.05) is 24.8 Å². The molecule has 164 valence electrons. The lowest BCUT2D eigenvalue weighted by molar-refractivity contribution is -0.141. The third kappa shape index (κ3) is 7.16. The second-order valence-electron chi connectivity index (χ2n) is 6.29. The van der Waals surface area contributed by atoms with E-state index in [1.165, 1.54) is 37.4 Å². The van der Waals surface area contributed by atoms with Crippen LogP contribution in [0.2, 0.25) is 0 Å². The summed E-state index contributed by atoms with van der Waals surface area (Å²) in [4.78, 5) is 23.8. The molecule has 0 aromatic heterocycles. The zero-order valence-corrected chi connectivity index (χ0v) is 17.5. The number of amides is 1. The molecular formula is C21H21FN2O6S. The van der Waals surface area contributed by atoms with Crippen LogP contribution in [-0.4, -0.2) is 42.7 Å². The van der Waals surface area contributed by atoms with E-state index in [9.17, 15) is 19.1 Å². The van der Waals surface area contributed by atoms with Crippen LogP contribution in [0.1, 0.15) is 23.7 Å². The average molecular weight is 448 g/mol. The van der Waals surface area contributed by atoms with Crippen LogP contribution in [0.5, 0.6) is 5.75 Å². The average Bonchev–Trinajstić information content (AvgIpc) is 2.77. The summed E-state index contributed by atoms with van der Waals surface area (Å²) in [6.45, 7) is -0.0322. The van der Waals surface area contributed by atoms with Crippen LogP contribution in [0, 0.1) is 17.1 Å². The van der Waals surface area contributed by atoms with Crippen molar-refractivity contribution >= 4 is 30.4 Å². The van der Waals surface area contributed by atoms with Gasteiger partial charge in [-0.25, -0.2) is 9.18 Å². The largest absolute Gasteiger partial charge is 0.505 e. The Morgan fingerprint density at radius 2 is 1.97 bits per heavy atom. The lowest BCUT2D eigenvalue weighted by Gasteiger charge is -2.26. The van der Waals surface area contributed by atoms with E-state index in [1.54, 1.807) is 0 Å². The summed E-state index contributed by atoms with van der Waals surface area (Å²) in [5, 5.41) is 20.8. The van der Waals surface area contributed by atoms with Gasteiger partial charge >= 0.3 is 12.1 Å². The second-order valence-corrected chi connectivity index (χ2v) is 6.61. The predicted octanol–water partition coefficient (Wildman–Crippen LogP) is 3.57. The number of benzene rings is 2. The van der Waals surface area contributed by atoms with Gasteiger partial charge in [0.05, 0.1) is 24.0 Å². The monoisotopic (exact) mass is 448 g/mol. The number of hydrogen-bond donors (Lipinski definition) is 3. The molecular weight excluding hydrogens is 427 g/mol. The quantitative estimate of drug-likeness (QED) is 0.396. The van der Waals surface area contributed by atoms with Crippen molar-refractivity contribution in [3.63, 3.8) is 0 Å². The fourth-order valence-electron chi connectivity index (χ4n) is 2.68. The molecule has 10 heteroatoms. The van der Waals surface area contributed by atoms with Gasteiger partial charge in [-0.2, -0.15) is 17.9 Å². The molecule has 0 saturated carbocycles. The fraction of sp³-hybridized carbons (Fsp3) is 0.286. The number of rotatable bonds is 9. The van der Waals surface area contributed by atoms with Gasteiger partial charge in [0.15, 0.2) is 17.7 Å². The van der Waals surface area contributed by atoms with Crippen molar-refractivity contribution in [3.05, 3.63) is 59.4 Å². The van der Waals surface area contributed by atoms with E-state index in [2.05, 4.69) is 17.9 Å². The molecule has 0 saturated heterocycles. The predicted molar refractivity (Wildman–Crippen MR) is 112 cm³/mol. The summed E-state index contributed by atoms with van der Waals surface area (Å²) >= 11 is 3.82. The molecule has 2 aromatic carbocycles. The minimum Gasteiger partial charge on any atom is -0.505 e. The molecule has 1 amide bonds. The van der Waals surface area contributed by atoms with E-state index >= 15 is 0 Å². The van der Waals surface area contributed by atoms with Crippen LogP contribution in [0.3, 0.4) is 0 Å². The fourth-order valence-corrected chi connectivity index (χ4v) is 2.77. The number of nitrogens with zero attached hydrogens (tertiary/aromatic N) is 1. The number of phenols is 1. The normalized spacial score (nSPS) is 12.3. The number of esters is 1. The first kappa shape index (κ1) is 24.0. The van der Waals surface area contributed by atoms with Crippen LogP contribution >= 0.6 is 12.6 Å². The Hall–Kier alpha value is -3.29. The molecule has 2 rings (SSSR count). The summed E-state index contributed by atoms with van der Waals surface area (Å²) in [5.41, 5.74) is 1.04. The number of thiol groups is 1. The molecule has 2 N–H and O–H groups in total. The van der Waals surface area contributed by atoms with Gasteiger partial charge in [-0.1, -0.05) is 6.07 Å². The summed E-state index contributed by atoms with van der Waals surface area (Å²) in [7, 11) is 1.37. The molecule has 2 atom stereocenters. The molecule has 2 aromatic rings. The molecule has 0 heterocycles. The van der Waals surface area contributed by atoms with E-state index in [1.807, 2.05) is 6.07 Å². The zero-order valence-electron chi connectivity index (χ0n) is 16.6. The SMILES string of the molecule is CO[C@H](CCOC(=O)CS)[C@H](OC(=O)Nc1ccc(C#N)cc1)c1ccc(O)c(F)c1. The maximum Gasteiger partial charge on any atom is 0.412 e. The Bertz CT molecular complexity index is 948. The number of aromatic hydroxyl groups is 1. The van der Waals surface area contributed by atoms with Crippen molar-refractivity contribution in [1.29, 1.82) is 5.26 Å². The molecule has 0 bridgehead atoms. The number of nitrogens with one attached hydrogen (secondary N) is 1. The first-order valence-electron chi connectivity index (χ1n) is 9.13. The van der Waals surface area contributed by atoms with Crippen LogP contribution in [0.15, 0.2) is 42.5 Å². The van der Waals surface area contributed by atoms with Crippen molar-refractivity contribution in [2.24, 2.45) is 0 Å². The third-order valence-electron chi connectivity index (χ3n) is 4.23. The standard InChI is InChI=1S/C21H21FN2O6S/c1-28-18(8-9-29-19(26)12-31)20(14-4-7-17(25)16(22)10-14)30-21(27)24-15-5-2-13(11-23)3-6-15/h2-7,10,18,20,25,31H,8-9,12H2,1H3,(H,24,27)/t18-,20-/m1/s1. The van der Waals surface area contributed by atoms with E-state index in [4.69, 9.17) is 19.5 Å². The highest BCUT2D eigenvalue weighted by molar-refractivity contribution is 7.81. The zero-order chi connectivity index (χ0) is 22.8. The number of nitriles is 1. The van der Waals surface area contributed by atoms with Crippen LogP contribution in [-0.2, 0) is 19.0 Å². The molecule has 8 nitrogen and oxygen atoms in total. The first-order chi connectivity index (χ1) is 14.9. The number of carbonyl (C=O) groups excluding carboxylic acids is 2. The van der Waals surface area contributed by atoms with Crippen molar-refractivity contribution in [1.82, 2.24) is 0 Å². The maximum atomic E-state index is 13.9. The summed E-state index contributed by atoms with van der Waals surface area (Å²) < 4.78 is 29.8. The highest BCUT2D eigenvalue weighted by Gasteiger charge is 2.28. The molecule has 0 unspecified atom stereocenters. The Kier molecular flexibility index (Phi) is 9.12. The molecule has 0 aliphatic rings. The summed E-state index contributed by atoms with van der Waals surface area (Å²) in [6, 6.07) is 11.6. The lowest BCUT2D eigenvalue weighted by atomic mass is 10.0. The van der Waals surface area contributed by atoms with Gasteiger partial charge in [-0.3, -0.25) is 10.1 Å². The number of methoxy groups -OCH3 is 1. The molecule has 0 aliphatic carbocycles. The molecule has 0 fully saturated rings. The van der Waals surface area contributed by atoms with Gasteiger partial charge < -0.3 is 19.3 Å². The Balaban J connectivity index is 2.18. The summed E-state index contributed by atoms with van der Waals surface area (Å²) in [6.07, 6.45) is -2.57. The number of phenolic OH excluding ortho intramolecular Hbond substituents is 1. The van der Waals surface area contributed by atoms with E-state index < -0.39 is 35.8 Å². The third-order valence-corrected chi connectivity index (χ3v) is 4.49. The highest BCUT2D eigenvalue weighted by atomic mass is 32.1. The summed E-state index contributed by atoms with van der Waals surface area (Å²) in [5.74, 6) is -2.06. The van der Waals surface area contributed by atoms with Gasteiger partial charge in [-0.05, 0) is 42.0 Å². The van der Waals surface area contributed by atoms with Crippen LogP contribution in [0.4, 0.5) is 14.9 Å². The Morgan fingerprint density at radius 1 is 1.26 bits per heavy atom.